The maximum absolute atomic E-state index is 13.3. The maximum Gasteiger partial charge on any atom is 0.147 e. The number of nitrogens with one attached hydrogen (secondary N) is 1. The molecule has 0 fully saturated rings. The highest BCUT2D eigenvalue weighted by atomic mass is 127. The van der Waals surface area contributed by atoms with Gasteiger partial charge in [-0.3, -0.25) is 0 Å². The van der Waals surface area contributed by atoms with E-state index >= 15 is 0 Å². The van der Waals surface area contributed by atoms with Crippen LogP contribution in [0.3, 0.4) is 0 Å². The number of alkyl halides is 1. The molecule has 0 bridgehead atoms. The summed E-state index contributed by atoms with van der Waals surface area (Å²) in [6, 6.07) is 2.82. The van der Waals surface area contributed by atoms with Crippen molar-refractivity contribution < 1.29 is 9.50 Å². The molecule has 0 saturated carbocycles. The van der Waals surface area contributed by atoms with Gasteiger partial charge in [-0.1, -0.05) is 11.6 Å². The third kappa shape index (κ3) is 3.94. The zero-order valence-corrected chi connectivity index (χ0v) is 11.3. The molecule has 6 heteroatoms. The Morgan fingerprint density at radius 3 is 2.80 bits per heavy atom. The number of aliphatic hydroxyl groups excluding tert-OH is 1. The van der Waals surface area contributed by atoms with Crippen LogP contribution in [0.1, 0.15) is 0 Å². The van der Waals surface area contributed by atoms with Gasteiger partial charge in [0, 0.05) is 10.1 Å². The van der Waals surface area contributed by atoms with Crippen LogP contribution in [0.25, 0.3) is 0 Å². The van der Waals surface area contributed by atoms with Gasteiger partial charge in [-0.25, -0.2) is 4.39 Å². The minimum Gasteiger partial charge on any atom is -0.390 e. The number of benzene rings is 1. The first kappa shape index (κ1) is 13.3. The lowest BCUT2D eigenvalue weighted by Gasteiger charge is -2.11. The number of anilines is 1. The van der Waals surface area contributed by atoms with E-state index in [2.05, 4.69) is 5.32 Å². The Kier molecular flexibility index (Phi) is 5.38. The molecular weight excluding hydrogens is 355 g/mol. The van der Waals surface area contributed by atoms with Crippen molar-refractivity contribution >= 4 is 51.5 Å². The van der Waals surface area contributed by atoms with E-state index in [1.807, 2.05) is 22.6 Å². The van der Waals surface area contributed by atoms with E-state index < -0.39 is 11.9 Å². The lowest BCUT2D eigenvalue weighted by molar-refractivity contribution is 0.211. The molecule has 2 N–H and O–H groups in total. The van der Waals surface area contributed by atoms with Crippen LogP contribution in [0.5, 0.6) is 0 Å². The summed E-state index contributed by atoms with van der Waals surface area (Å²) in [6.07, 6.45) is -0.695. The molecule has 1 atom stereocenters. The molecule has 84 valence electrons. The second kappa shape index (κ2) is 6.08. The molecule has 1 aromatic carbocycles. The molecule has 1 aromatic rings. The van der Waals surface area contributed by atoms with Crippen LogP contribution in [0, 0.1) is 9.39 Å². The third-order valence-corrected chi connectivity index (χ3v) is 3.60. The molecule has 0 heterocycles. The van der Waals surface area contributed by atoms with Crippen molar-refractivity contribution in [3.63, 3.8) is 0 Å². The van der Waals surface area contributed by atoms with Gasteiger partial charge in [-0.05, 0) is 34.7 Å². The van der Waals surface area contributed by atoms with E-state index in [1.165, 1.54) is 6.07 Å². The molecule has 0 amide bonds. The average molecular weight is 364 g/mol. The highest BCUT2D eigenvalue weighted by molar-refractivity contribution is 14.1. The van der Waals surface area contributed by atoms with Crippen LogP contribution >= 0.6 is 45.8 Å². The van der Waals surface area contributed by atoms with E-state index in [4.69, 9.17) is 23.2 Å². The van der Waals surface area contributed by atoms with E-state index in [9.17, 15) is 9.50 Å². The Hall–Kier alpha value is 0.220. The van der Waals surface area contributed by atoms with E-state index in [1.54, 1.807) is 6.07 Å². The van der Waals surface area contributed by atoms with Gasteiger partial charge in [0.2, 0.25) is 0 Å². The highest BCUT2D eigenvalue weighted by Gasteiger charge is 2.08. The summed E-state index contributed by atoms with van der Waals surface area (Å²) in [6.45, 7) is 0.206. The molecule has 0 aromatic heterocycles. The second-order valence-corrected chi connectivity index (χ2v) is 4.81. The summed E-state index contributed by atoms with van der Waals surface area (Å²) >= 11 is 13.1. The summed E-state index contributed by atoms with van der Waals surface area (Å²) in [4.78, 5) is 0. The van der Waals surface area contributed by atoms with Gasteiger partial charge in [0.1, 0.15) is 5.82 Å². The summed E-state index contributed by atoms with van der Waals surface area (Å²) in [5.41, 5.74) is 0.313. The number of aliphatic hydroxyl groups is 1. The summed E-state index contributed by atoms with van der Waals surface area (Å²) in [7, 11) is 0. The fourth-order valence-electron chi connectivity index (χ4n) is 0.940. The van der Waals surface area contributed by atoms with E-state index in [0.29, 0.717) is 10.7 Å². The number of halogens is 4. The molecule has 1 unspecified atom stereocenters. The molecule has 1 rings (SSSR count). The Bertz CT molecular complexity index is 351. The van der Waals surface area contributed by atoms with Crippen LogP contribution < -0.4 is 5.32 Å². The maximum atomic E-state index is 13.3. The highest BCUT2D eigenvalue weighted by Crippen LogP contribution is 2.25. The number of hydrogen-bond acceptors (Lipinski definition) is 2. The molecule has 0 saturated heterocycles. The van der Waals surface area contributed by atoms with Gasteiger partial charge in [0.15, 0.2) is 0 Å². The molecule has 15 heavy (non-hydrogen) atoms. The molecule has 0 radical (unpaired) electrons. The Balaban J connectivity index is 2.73. The lowest BCUT2D eigenvalue weighted by atomic mass is 10.3. The van der Waals surface area contributed by atoms with Crippen molar-refractivity contribution in [2.45, 2.75) is 6.10 Å². The second-order valence-electron chi connectivity index (χ2n) is 2.94. The Morgan fingerprint density at radius 1 is 1.53 bits per heavy atom. The van der Waals surface area contributed by atoms with Crippen LogP contribution in [0.2, 0.25) is 5.02 Å². The topological polar surface area (TPSA) is 32.3 Å². The molecule has 0 spiro atoms. The Labute approximate surface area is 111 Å². The van der Waals surface area contributed by atoms with Crippen LogP contribution in [-0.4, -0.2) is 23.6 Å². The van der Waals surface area contributed by atoms with Crippen molar-refractivity contribution in [1.29, 1.82) is 0 Å². The van der Waals surface area contributed by atoms with Gasteiger partial charge in [0.05, 0.1) is 22.7 Å². The molecule has 0 aliphatic carbocycles. The SMILES string of the molecule is OC(CCl)CNc1cc(I)c(Cl)cc1F. The third-order valence-electron chi connectivity index (χ3n) is 1.72. The van der Waals surface area contributed by atoms with Crippen molar-refractivity contribution in [2.24, 2.45) is 0 Å². The van der Waals surface area contributed by atoms with E-state index in [0.717, 1.165) is 3.57 Å². The van der Waals surface area contributed by atoms with Gasteiger partial charge in [-0.2, -0.15) is 0 Å². The first-order valence-corrected chi connectivity index (χ1v) is 6.16. The van der Waals surface area contributed by atoms with Gasteiger partial charge >= 0.3 is 0 Å². The lowest BCUT2D eigenvalue weighted by Crippen LogP contribution is -2.21. The van der Waals surface area contributed by atoms with Gasteiger partial charge in [-0.15, -0.1) is 11.6 Å². The quantitative estimate of drug-likeness (QED) is 0.489. The number of hydrogen-bond donors (Lipinski definition) is 2. The van der Waals surface area contributed by atoms with E-state index in [-0.39, 0.29) is 12.4 Å². The minimum absolute atomic E-state index is 0.110. The fourth-order valence-corrected chi connectivity index (χ4v) is 1.67. The van der Waals surface area contributed by atoms with Gasteiger partial charge in [0.25, 0.3) is 0 Å². The summed E-state index contributed by atoms with van der Waals surface area (Å²) in [5, 5.41) is 12.3. The van der Waals surface area contributed by atoms with Crippen molar-refractivity contribution in [3.05, 3.63) is 26.5 Å². The standard InChI is InChI=1S/C9H9Cl2FINO/c10-3-5(15)4-14-9-2-8(13)6(11)1-7(9)12/h1-2,5,14-15H,3-4H2. The normalized spacial score (nSPS) is 12.6. The van der Waals surface area contributed by atoms with Crippen LogP contribution in [0.15, 0.2) is 12.1 Å². The molecule has 2 nitrogen and oxygen atoms in total. The number of rotatable bonds is 4. The van der Waals surface area contributed by atoms with Crippen molar-refractivity contribution in [3.8, 4) is 0 Å². The summed E-state index contributed by atoms with van der Waals surface area (Å²) in [5.74, 6) is -0.332. The zero-order chi connectivity index (χ0) is 11.4. The minimum atomic E-state index is -0.695. The van der Waals surface area contributed by atoms with Gasteiger partial charge < -0.3 is 10.4 Å². The smallest absolute Gasteiger partial charge is 0.147 e. The van der Waals surface area contributed by atoms with Crippen LogP contribution in [-0.2, 0) is 0 Å². The predicted molar refractivity (Wildman–Crippen MR) is 69.3 cm³/mol. The summed E-state index contributed by atoms with van der Waals surface area (Å²) < 4.78 is 14.1. The first-order valence-electron chi connectivity index (χ1n) is 4.17. The predicted octanol–water partition coefficient (Wildman–Crippen LogP) is 3.10. The van der Waals surface area contributed by atoms with Crippen molar-refractivity contribution in [2.75, 3.05) is 17.7 Å². The largest absolute Gasteiger partial charge is 0.390 e. The molecular formula is C9H9Cl2FINO. The van der Waals surface area contributed by atoms with Crippen molar-refractivity contribution in [1.82, 2.24) is 0 Å². The molecule has 0 aliphatic heterocycles. The zero-order valence-electron chi connectivity index (χ0n) is 7.61. The van der Waals surface area contributed by atoms with Crippen LogP contribution in [0.4, 0.5) is 10.1 Å². The first-order chi connectivity index (χ1) is 7.04. The molecule has 0 aliphatic rings. The monoisotopic (exact) mass is 363 g/mol. The average Bonchev–Trinajstić information content (AvgIpc) is 2.21. The fraction of sp³-hybridized carbons (Fsp3) is 0.333. The Morgan fingerprint density at radius 2 is 2.20 bits per heavy atom.